The zero-order valence-corrected chi connectivity index (χ0v) is 17.0. The molecule has 28 heavy (non-hydrogen) atoms. The Balaban J connectivity index is 1.65. The molecule has 2 aromatic carbocycles. The molecule has 0 saturated heterocycles. The maximum atomic E-state index is 12.2. The summed E-state index contributed by atoms with van der Waals surface area (Å²) in [5.74, 6) is 1.23. The van der Waals surface area contributed by atoms with E-state index in [4.69, 9.17) is 21.4 Å². The fourth-order valence-corrected chi connectivity index (χ4v) is 2.95. The van der Waals surface area contributed by atoms with E-state index in [-0.39, 0.29) is 23.9 Å². The van der Waals surface area contributed by atoms with Gasteiger partial charge >= 0.3 is 0 Å². The lowest BCUT2D eigenvalue weighted by molar-refractivity contribution is -0.117. The molecule has 0 aliphatic heterocycles. The Kier molecular flexibility index (Phi) is 6.26. The molecule has 1 N–H and O–H groups in total. The van der Waals surface area contributed by atoms with Gasteiger partial charge < -0.3 is 14.5 Å². The maximum absolute atomic E-state index is 12.2. The average Bonchev–Trinajstić information content (AvgIpc) is 3.00. The van der Waals surface area contributed by atoms with Crippen molar-refractivity contribution in [2.75, 3.05) is 5.32 Å². The summed E-state index contributed by atoms with van der Waals surface area (Å²) in [5.41, 5.74) is 2.95. The quantitative estimate of drug-likeness (QED) is 0.577. The second-order valence-electron chi connectivity index (χ2n) is 6.82. The van der Waals surface area contributed by atoms with E-state index in [2.05, 4.69) is 36.4 Å². The monoisotopic (exact) mass is 397 g/mol. The summed E-state index contributed by atoms with van der Waals surface area (Å²) in [6.45, 7) is 6.36. The van der Waals surface area contributed by atoms with Crippen molar-refractivity contribution in [2.24, 2.45) is 0 Å². The predicted molar refractivity (Wildman–Crippen MR) is 110 cm³/mol. The Bertz CT molecular complexity index is 1010. The summed E-state index contributed by atoms with van der Waals surface area (Å²) >= 11 is 5.17. The number of aromatic nitrogens is 2. The number of carbonyl (C=O) groups excluding carboxylic acids is 1. The number of anilines is 1. The molecule has 3 rings (SSSR count). The molecule has 0 unspecified atom stereocenters. The van der Waals surface area contributed by atoms with E-state index in [0.29, 0.717) is 17.5 Å². The van der Waals surface area contributed by atoms with Gasteiger partial charge in [-0.05, 0) is 54.4 Å². The number of ether oxygens (including phenoxy) is 1. The number of rotatable bonds is 7. The number of benzene rings is 2. The van der Waals surface area contributed by atoms with Crippen LogP contribution in [0, 0.1) is 11.8 Å². The first-order chi connectivity index (χ1) is 13.4. The summed E-state index contributed by atoms with van der Waals surface area (Å²) in [5, 5.41) is 7.06. The second-order valence-corrected chi connectivity index (χ2v) is 7.17. The number of amides is 1. The van der Waals surface area contributed by atoms with Gasteiger partial charge in [-0.3, -0.25) is 4.79 Å². The topological polar surface area (TPSA) is 69.3 Å². The van der Waals surface area contributed by atoms with Crippen molar-refractivity contribution < 1.29 is 13.9 Å². The molecule has 1 amide bonds. The summed E-state index contributed by atoms with van der Waals surface area (Å²) in [7, 11) is 0. The molecule has 7 heteroatoms. The number of nitrogens with zero attached hydrogens (tertiary/aromatic N) is 2. The molecule has 1 heterocycles. The van der Waals surface area contributed by atoms with Crippen LogP contribution in [0.25, 0.3) is 0 Å². The van der Waals surface area contributed by atoms with Crippen molar-refractivity contribution in [1.29, 1.82) is 0 Å². The highest BCUT2D eigenvalue weighted by Gasteiger charge is 2.13. The lowest BCUT2D eigenvalue weighted by Gasteiger charge is -2.13. The second kappa shape index (κ2) is 8.84. The summed E-state index contributed by atoms with van der Waals surface area (Å²) < 4.78 is 12.8. The molecular formula is C21H23N3O3S. The highest BCUT2D eigenvalue weighted by Crippen LogP contribution is 2.28. The van der Waals surface area contributed by atoms with Crippen molar-refractivity contribution >= 4 is 23.8 Å². The molecule has 1 aromatic heterocycles. The molecule has 6 nitrogen and oxygen atoms in total. The molecular weight excluding hydrogens is 374 g/mol. The predicted octanol–water partition coefficient (Wildman–Crippen LogP) is 4.86. The van der Waals surface area contributed by atoms with Crippen LogP contribution in [0.15, 0.2) is 52.9 Å². The zero-order chi connectivity index (χ0) is 20.1. The average molecular weight is 398 g/mol. The van der Waals surface area contributed by atoms with Crippen molar-refractivity contribution in [1.82, 2.24) is 9.78 Å². The third-order valence-electron chi connectivity index (χ3n) is 4.14. The molecule has 0 saturated carbocycles. The van der Waals surface area contributed by atoms with Crippen LogP contribution < -0.4 is 10.1 Å². The number of hydrogen-bond donors (Lipinski definition) is 1. The highest BCUT2D eigenvalue weighted by molar-refractivity contribution is 7.71. The molecule has 0 radical (unpaired) electrons. The summed E-state index contributed by atoms with van der Waals surface area (Å²) in [6.07, 6.45) is 0. The van der Waals surface area contributed by atoms with E-state index in [0.717, 1.165) is 16.9 Å². The van der Waals surface area contributed by atoms with Crippen molar-refractivity contribution in [3.05, 3.63) is 70.4 Å². The molecule has 0 spiro atoms. The van der Waals surface area contributed by atoms with Crippen LogP contribution in [0.2, 0.25) is 0 Å². The van der Waals surface area contributed by atoms with Gasteiger partial charge in [-0.25, -0.2) is 4.68 Å². The fraction of sp³-hybridized carbons (Fsp3) is 0.286. The van der Waals surface area contributed by atoms with Crippen molar-refractivity contribution in [3.63, 3.8) is 0 Å². The van der Waals surface area contributed by atoms with Crippen LogP contribution in [0.5, 0.6) is 5.75 Å². The Hall–Kier alpha value is -2.93. The Morgan fingerprint density at radius 1 is 1.25 bits per heavy atom. The van der Waals surface area contributed by atoms with Gasteiger partial charge in [0.2, 0.25) is 5.91 Å². The molecule has 0 bridgehead atoms. The third kappa shape index (κ3) is 5.07. The highest BCUT2D eigenvalue weighted by atomic mass is 32.1. The van der Waals surface area contributed by atoms with Crippen molar-refractivity contribution in [3.8, 4) is 5.75 Å². The number of nitrogens with one attached hydrogen (secondary N) is 1. The van der Waals surface area contributed by atoms with Gasteiger partial charge in [-0.2, -0.15) is 0 Å². The zero-order valence-electron chi connectivity index (χ0n) is 16.1. The minimum absolute atomic E-state index is 0.0289. The minimum atomic E-state index is -0.233. The summed E-state index contributed by atoms with van der Waals surface area (Å²) in [6, 6.07) is 15.3. The van der Waals surface area contributed by atoms with Crippen molar-refractivity contribution in [2.45, 2.75) is 39.8 Å². The van der Waals surface area contributed by atoms with Crippen LogP contribution in [-0.4, -0.2) is 15.7 Å². The number of carbonyl (C=O) groups is 1. The molecule has 146 valence electrons. The smallest absolute Gasteiger partial charge is 0.287 e. The van der Waals surface area contributed by atoms with E-state index in [1.807, 2.05) is 43.3 Å². The van der Waals surface area contributed by atoms with E-state index >= 15 is 0 Å². The van der Waals surface area contributed by atoms with Gasteiger partial charge in [0.15, 0.2) is 6.61 Å². The lowest BCUT2D eigenvalue weighted by atomic mass is 10.0. The van der Waals surface area contributed by atoms with Crippen LogP contribution in [0.4, 0.5) is 5.69 Å². The summed E-state index contributed by atoms with van der Waals surface area (Å²) in [4.78, 5) is 12.3. The molecule has 0 aliphatic carbocycles. The number of hydrogen-bond acceptors (Lipinski definition) is 5. The Morgan fingerprint density at radius 2 is 2.00 bits per heavy atom. The number of aryl methyl sites for hydroxylation is 1. The Labute approximate surface area is 169 Å². The molecule has 3 aromatic rings. The first-order valence-electron chi connectivity index (χ1n) is 9.07. The van der Waals surface area contributed by atoms with Gasteiger partial charge in [0, 0.05) is 5.69 Å². The van der Waals surface area contributed by atoms with Crippen LogP contribution in [0.1, 0.15) is 36.8 Å². The van der Waals surface area contributed by atoms with Gasteiger partial charge in [0.25, 0.3) is 10.7 Å². The molecule has 0 atom stereocenters. The largest absolute Gasteiger partial charge is 0.484 e. The van der Waals surface area contributed by atoms with Gasteiger partial charge in [-0.15, -0.1) is 5.10 Å². The first kappa shape index (κ1) is 19.8. The van der Waals surface area contributed by atoms with Gasteiger partial charge in [-0.1, -0.05) is 44.2 Å². The van der Waals surface area contributed by atoms with Crippen LogP contribution in [0.3, 0.4) is 0 Å². The van der Waals surface area contributed by atoms with E-state index in [1.165, 1.54) is 4.68 Å². The van der Waals surface area contributed by atoms with Gasteiger partial charge in [0.1, 0.15) is 12.3 Å². The molecule has 0 aliphatic rings. The van der Waals surface area contributed by atoms with E-state index < -0.39 is 0 Å². The van der Waals surface area contributed by atoms with Crippen LogP contribution in [-0.2, 0) is 17.9 Å². The third-order valence-corrected chi connectivity index (χ3v) is 4.44. The van der Waals surface area contributed by atoms with E-state index in [1.54, 1.807) is 0 Å². The standard InChI is InChI=1S/C21H23N3O3S/c1-14(2)17-10-9-15(3)11-18(17)26-13-20-23-24(21(28)27-20)12-19(25)22-16-7-5-4-6-8-16/h4-11,14H,12-13H2,1-3H3,(H,22,25). The SMILES string of the molecule is Cc1ccc(C(C)C)c(OCc2nn(CC(=O)Nc3ccccc3)c(=S)o2)c1. The number of para-hydroxylation sites is 1. The lowest BCUT2D eigenvalue weighted by Crippen LogP contribution is -2.19. The normalized spacial score (nSPS) is 10.9. The van der Waals surface area contributed by atoms with E-state index in [9.17, 15) is 4.79 Å². The fourth-order valence-electron chi connectivity index (χ4n) is 2.75. The van der Waals surface area contributed by atoms with Gasteiger partial charge in [0.05, 0.1) is 0 Å². The molecule has 0 fully saturated rings. The maximum Gasteiger partial charge on any atom is 0.287 e. The first-order valence-corrected chi connectivity index (χ1v) is 9.48. The Morgan fingerprint density at radius 3 is 2.71 bits per heavy atom. The minimum Gasteiger partial charge on any atom is -0.484 e. The van der Waals surface area contributed by atoms with Crippen LogP contribution >= 0.6 is 12.2 Å².